The molecule has 0 saturated carbocycles. The number of para-hydroxylation sites is 3. The lowest BCUT2D eigenvalue weighted by atomic mass is 10.1. The number of halogens is 1. The van der Waals surface area contributed by atoms with Crippen LogP contribution in [0, 0.1) is 5.82 Å². The van der Waals surface area contributed by atoms with Crippen molar-refractivity contribution in [1.82, 2.24) is 4.57 Å². The molecule has 130 valence electrons. The van der Waals surface area contributed by atoms with Crippen molar-refractivity contribution in [3.63, 3.8) is 0 Å². The molecule has 0 bridgehead atoms. The van der Waals surface area contributed by atoms with Crippen LogP contribution in [0.4, 0.5) is 15.8 Å². The lowest BCUT2D eigenvalue weighted by Gasteiger charge is -2.13. The molecule has 1 aromatic heterocycles. The van der Waals surface area contributed by atoms with Gasteiger partial charge in [-0.05, 0) is 42.5 Å². The van der Waals surface area contributed by atoms with Gasteiger partial charge in [0.25, 0.3) is 0 Å². The first-order valence-electron chi connectivity index (χ1n) is 8.91. The fourth-order valence-corrected chi connectivity index (χ4v) is 3.68. The quantitative estimate of drug-likeness (QED) is 0.384. The summed E-state index contributed by atoms with van der Waals surface area (Å²) < 4.78 is 16.1. The molecule has 5 aromatic rings. The molecule has 0 unspecified atom stereocenters. The van der Waals surface area contributed by atoms with Crippen molar-refractivity contribution in [3.05, 3.63) is 103 Å². The molecular weight excluding hydrogens is 335 g/mol. The largest absolute Gasteiger partial charge is 0.354 e. The number of fused-ring (bicyclic) bond motifs is 3. The number of benzene rings is 4. The third kappa shape index (κ3) is 2.64. The number of nitrogens with one attached hydrogen (secondary N) is 1. The van der Waals surface area contributed by atoms with Crippen LogP contribution < -0.4 is 5.32 Å². The van der Waals surface area contributed by atoms with Gasteiger partial charge in [0.05, 0.1) is 16.7 Å². The molecule has 0 aliphatic heterocycles. The van der Waals surface area contributed by atoms with E-state index in [9.17, 15) is 4.39 Å². The second-order valence-electron chi connectivity index (χ2n) is 6.53. The van der Waals surface area contributed by atoms with Gasteiger partial charge in [-0.2, -0.15) is 0 Å². The Balaban J connectivity index is 1.85. The summed E-state index contributed by atoms with van der Waals surface area (Å²) in [6.45, 7) is 0. The molecule has 0 radical (unpaired) electrons. The molecule has 4 aromatic carbocycles. The van der Waals surface area contributed by atoms with E-state index < -0.39 is 0 Å². The summed E-state index contributed by atoms with van der Waals surface area (Å²) >= 11 is 0. The van der Waals surface area contributed by atoms with E-state index in [-0.39, 0.29) is 5.82 Å². The van der Waals surface area contributed by atoms with Crippen molar-refractivity contribution in [2.75, 3.05) is 5.32 Å². The highest BCUT2D eigenvalue weighted by atomic mass is 19.1. The number of nitrogens with zero attached hydrogens (tertiary/aromatic N) is 1. The van der Waals surface area contributed by atoms with Crippen molar-refractivity contribution < 1.29 is 4.39 Å². The van der Waals surface area contributed by atoms with Crippen LogP contribution in [-0.2, 0) is 0 Å². The van der Waals surface area contributed by atoms with Crippen molar-refractivity contribution in [1.29, 1.82) is 0 Å². The van der Waals surface area contributed by atoms with E-state index in [1.165, 1.54) is 6.07 Å². The predicted octanol–water partition coefficient (Wildman–Crippen LogP) is 6.67. The lowest BCUT2D eigenvalue weighted by Crippen LogP contribution is -1.98. The molecule has 3 heteroatoms. The minimum atomic E-state index is -0.244. The number of aromatic nitrogens is 1. The van der Waals surface area contributed by atoms with Gasteiger partial charge in [-0.1, -0.05) is 54.6 Å². The van der Waals surface area contributed by atoms with Crippen LogP contribution in [-0.4, -0.2) is 4.57 Å². The fourth-order valence-electron chi connectivity index (χ4n) is 3.68. The highest BCUT2D eigenvalue weighted by Gasteiger charge is 2.15. The van der Waals surface area contributed by atoms with Gasteiger partial charge in [-0.15, -0.1) is 0 Å². The van der Waals surface area contributed by atoms with Crippen molar-refractivity contribution in [3.8, 4) is 5.69 Å². The van der Waals surface area contributed by atoms with Gasteiger partial charge in [0.2, 0.25) is 0 Å². The minimum Gasteiger partial charge on any atom is -0.354 e. The normalized spacial score (nSPS) is 11.1. The van der Waals surface area contributed by atoms with Crippen LogP contribution in [0.1, 0.15) is 0 Å². The SMILES string of the molecule is Fc1cccc(-n2c3ccccc3c3cccc(Nc4ccccc4)c32)c1. The Kier molecular flexibility index (Phi) is 3.65. The van der Waals surface area contributed by atoms with E-state index in [2.05, 4.69) is 40.2 Å². The fraction of sp³-hybridized carbons (Fsp3) is 0. The first-order valence-corrected chi connectivity index (χ1v) is 8.91. The molecule has 0 amide bonds. The summed E-state index contributed by atoms with van der Waals surface area (Å²) in [5.74, 6) is -0.244. The maximum Gasteiger partial charge on any atom is 0.125 e. The molecule has 0 atom stereocenters. The van der Waals surface area contributed by atoms with E-state index in [1.807, 2.05) is 48.5 Å². The predicted molar refractivity (Wildman–Crippen MR) is 110 cm³/mol. The average Bonchev–Trinajstić information content (AvgIpc) is 3.04. The monoisotopic (exact) mass is 352 g/mol. The zero-order valence-corrected chi connectivity index (χ0v) is 14.6. The van der Waals surface area contributed by atoms with Crippen molar-refractivity contribution >= 4 is 33.2 Å². The Bertz CT molecular complexity index is 1260. The van der Waals surface area contributed by atoms with Crippen LogP contribution in [0.5, 0.6) is 0 Å². The van der Waals surface area contributed by atoms with Crippen LogP contribution in [0.25, 0.3) is 27.5 Å². The van der Waals surface area contributed by atoms with E-state index in [1.54, 1.807) is 12.1 Å². The molecule has 0 aliphatic carbocycles. The number of hydrogen-bond donors (Lipinski definition) is 1. The highest BCUT2D eigenvalue weighted by Crippen LogP contribution is 2.37. The lowest BCUT2D eigenvalue weighted by molar-refractivity contribution is 0.627. The minimum absolute atomic E-state index is 0.244. The molecule has 0 aliphatic rings. The first kappa shape index (κ1) is 15.6. The molecular formula is C24H17FN2. The molecule has 1 N–H and O–H groups in total. The highest BCUT2D eigenvalue weighted by molar-refractivity contribution is 6.13. The maximum atomic E-state index is 14.0. The Morgan fingerprint density at radius 3 is 2.26 bits per heavy atom. The topological polar surface area (TPSA) is 17.0 Å². The molecule has 0 saturated heterocycles. The van der Waals surface area contributed by atoms with Gasteiger partial charge in [-0.25, -0.2) is 4.39 Å². The van der Waals surface area contributed by atoms with Crippen LogP contribution in [0.2, 0.25) is 0 Å². The van der Waals surface area contributed by atoms with Crippen molar-refractivity contribution in [2.45, 2.75) is 0 Å². The summed E-state index contributed by atoms with van der Waals surface area (Å²) in [6.07, 6.45) is 0. The molecule has 0 spiro atoms. The Morgan fingerprint density at radius 2 is 1.41 bits per heavy atom. The third-order valence-corrected chi connectivity index (χ3v) is 4.81. The van der Waals surface area contributed by atoms with Crippen LogP contribution in [0.3, 0.4) is 0 Å². The zero-order valence-electron chi connectivity index (χ0n) is 14.6. The zero-order chi connectivity index (χ0) is 18.2. The second kappa shape index (κ2) is 6.29. The Morgan fingerprint density at radius 1 is 0.667 bits per heavy atom. The van der Waals surface area contributed by atoms with E-state index in [0.29, 0.717) is 0 Å². The van der Waals surface area contributed by atoms with Crippen LogP contribution in [0.15, 0.2) is 97.1 Å². The summed E-state index contributed by atoms with van der Waals surface area (Å²) in [6, 6.07) is 31.3. The van der Waals surface area contributed by atoms with Gasteiger partial charge in [-0.3, -0.25) is 0 Å². The van der Waals surface area contributed by atoms with Gasteiger partial charge in [0, 0.05) is 22.1 Å². The number of hydrogen-bond acceptors (Lipinski definition) is 1. The Hall–Kier alpha value is -3.59. The summed E-state index contributed by atoms with van der Waals surface area (Å²) in [4.78, 5) is 0. The standard InChI is InChI=1S/C24H17FN2/c25-17-8-6-11-19(16-17)27-23-15-5-4-12-20(23)21-13-7-14-22(24(21)27)26-18-9-2-1-3-10-18/h1-16,26H. The summed E-state index contributed by atoms with van der Waals surface area (Å²) in [7, 11) is 0. The van der Waals surface area contributed by atoms with Crippen LogP contribution >= 0.6 is 0 Å². The summed E-state index contributed by atoms with van der Waals surface area (Å²) in [5, 5.41) is 5.80. The maximum absolute atomic E-state index is 14.0. The third-order valence-electron chi connectivity index (χ3n) is 4.81. The first-order chi connectivity index (χ1) is 13.3. The van der Waals surface area contributed by atoms with E-state index >= 15 is 0 Å². The van der Waals surface area contributed by atoms with Gasteiger partial charge < -0.3 is 9.88 Å². The molecule has 2 nitrogen and oxygen atoms in total. The average molecular weight is 352 g/mol. The van der Waals surface area contributed by atoms with Gasteiger partial charge in [0.15, 0.2) is 0 Å². The number of anilines is 2. The van der Waals surface area contributed by atoms with Crippen molar-refractivity contribution in [2.24, 2.45) is 0 Å². The van der Waals surface area contributed by atoms with Gasteiger partial charge in [0.1, 0.15) is 5.82 Å². The Labute approximate surface area is 156 Å². The summed E-state index contributed by atoms with van der Waals surface area (Å²) in [5.41, 5.74) is 4.90. The van der Waals surface area contributed by atoms with E-state index in [4.69, 9.17) is 0 Å². The van der Waals surface area contributed by atoms with Gasteiger partial charge >= 0.3 is 0 Å². The molecule has 0 fully saturated rings. The molecule has 5 rings (SSSR count). The molecule has 1 heterocycles. The molecule has 27 heavy (non-hydrogen) atoms. The van der Waals surface area contributed by atoms with E-state index in [0.717, 1.165) is 38.9 Å². The number of rotatable bonds is 3. The second-order valence-corrected chi connectivity index (χ2v) is 6.53. The smallest absolute Gasteiger partial charge is 0.125 e.